The number of hydrogen-bond donors (Lipinski definition) is 0. The zero-order chi connectivity index (χ0) is 13.7. The molecule has 4 heteroatoms. The number of carbonyl (C=O) groups is 1. The van der Waals surface area contributed by atoms with Gasteiger partial charge in [-0.25, -0.2) is 4.79 Å². The normalized spacial score (nSPS) is 15.5. The third-order valence-electron chi connectivity index (χ3n) is 3.53. The van der Waals surface area contributed by atoms with Gasteiger partial charge in [-0.05, 0) is 31.0 Å². The number of benzene rings is 1. The highest BCUT2D eigenvalue weighted by Gasteiger charge is 2.20. The van der Waals surface area contributed by atoms with Gasteiger partial charge in [0.15, 0.2) is 0 Å². The van der Waals surface area contributed by atoms with E-state index in [0.29, 0.717) is 5.56 Å². The fourth-order valence-corrected chi connectivity index (χ4v) is 2.37. The van der Waals surface area contributed by atoms with Crippen molar-refractivity contribution in [2.45, 2.75) is 25.7 Å². The topological polar surface area (TPSA) is 47.3 Å². The minimum Gasteiger partial charge on any atom is -0.324 e. The van der Waals surface area contributed by atoms with Gasteiger partial charge < -0.3 is 4.90 Å². The summed E-state index contributed by atoms with van der Waals surface area (Å²) in [6.07, 6.45) is 4.57. The van der Waals surface area contributed by atoms with Gasteiger partial charge in [-0.1, -0.05) is 18.9 Å². The molecule has 1 heterocycles. The molecular formula is C15H19N3O. The molecule has 0 unspecified atom stereocenters. The van der Waals surface area contributed by atoms with E-state index in [1.165, 1.54) is 12.8 Å². The minimum atomic E-state index is 0.0250. The summed E-state index contributed by atoms with van der Waals surface area (Å²) in [5.41, 5.74) is 1.35. The van der Waals surface area contributed by atoms with Crippen molar-refractivity contribution in [3.63, 3.8) is 0 Å². The molecule has 2 rings (SSSR count). The lowest BCUT2D eigenvalue weighted by Gasteiger charge is -2.27. The summed E-state index contributed by atoms with van der Waals surface area (Å²) >= 11 is 0. The molecule has 4 nitrogen and oxygen atoms in total. The summed E-state index contributed by atoms with van der Waals surface area (Å²) < 4.78 is 0. The molecular weight excluding hydrogens is 238 g/mol. The Kier molecular flexibility index (Phi) is 4.40. The number of nitriles is 1. The first-order valence-electron chi connectivity index (χ1n) is 6.75. The van der Waals surface area contributed by atoms with Crippen LogP contribution >= 0.6 is 0 Å². The quantitative estimate of drug-likeness (QED) is 0.776. The van der Waals surface area contributed by atoms with E-state index in [9.17, 15) is 4.79 Å². The molecule has 1 aromatic carbocycles. The van der Waals surface area contributed by atoms with E-state index in [-0.39, 0.29) is 6.03 Å². The van der Waals surface area contributed by atoms with Crippen LogP contribution in [-0.4, -0.2) is 31.1 Å². The summed E-state index contributed by atoms with van der Waals surface area (Å²) in [5, 5.41) is 8.90. The lowest BCUT2D eigenvalue weighted by molar-refractivity contribution is 0.208. The van der Waals surface area contributed by atoms with Crippen LogP contribution in [0.25, 0.3) is 0 Å². The van der Waals surface area contributed by atoms with Crippen molar-refractivity contribution in [2.24, 2.45) is 0 Å². The van der Waals surface area contributed by atoms with E-state index in [4.69, 9.17) is 5.26 Å². The van der Waals surface area contributed by atoms with Crippen molar-refractivity contribution in [1.29, 1.82) is 5.26 Å². The highest BCUT2D eigenvalue weighted by molar-refractivity contribution is 5.91. The predicted molar refractivity (Wildman–Crippen MR) is 75.0 cm³/mol. The van der Waals surface area contributed by atoms with Gasteiger partial charge in [-0.2, -0.15) is 5.26 Å². The first-order chi connectivity index (χ1) is 9.22. The molecule has 100 valence electrons. The maximum atomic E-state index is 12.4. The van der Waals surface area contributed by atoms with Gasteiger partial charge in [-0.15, -0.1) is 0 Å². The molecule has 0 atom stereocenters. The van der Waals surface area contributed by atoms with Gasteiger partial charge >= 0.3 is 6.03 Å². The highest BCUT2D eigenvalue weighted by Crippen LogP contribution is 2.18. The number of rotatable bonds is 1. The summed E-state index contributed by atoms with van der Waals surface area (Å²) in [5.74, 6) is 0. The number of nitrogens with zero attached hydrogens (tertiary/aromatic N) is 3. The van der Waals surface area contributed by atoms with Crippen molar-refractivity contribution in [1.82, 2.24) is 4.90 Å². The first kappa shape index (κ1) is 13.4. The predicted octanol–water partition coefficient (Wildman–Crippen LogP) is 2.99. The lowest BCUT2D eigenvalue weighted by Crippen LogP contribution is -2.41. The highest BCUT2D eigenvalue weighted by atomic mass is 16.2. The fourth-order valence-electron chi connectivity index (χ4n) is 2.37. The van der Waals surface area contributed by atoms with Gasteiger partial charge in [0.2, 0.25) is 0 Å². The van der Waals surface area contributed by atoms with Crippen molar-refractivity contribution >= 4 is 11.7 Å². The van der Waals surface area contributed by atoms with Crippen LogP contribution in [0.1, 0.15) is 31.2 Å². The van der Waals surface area contributed by atoms with Crippen molar-refractivity contribution in [3.05, 3.63) is 29.8 Å². The Morgan fingerprint density at radius 3 is 2.58 bits per heavy atom. The second kappa shape index (κ2) is 6.24. The summed E-state index contributed by atoms with van der Waals surface area (Å²) in [7, 11) is 1.77. The standard InChI is InChI=1S/C15H19N3O/c1-17(14-8-6-7-13(11-14)12-16)15(19)18-9-4-2-3-5-10-18/h6-8,11H,2-5,9-10H2,1H3. The third kappa shape index (κ3) is 3.25. The van der Waals surface area contributed by atoms with E-state index in [1.54, 1.807) is 30.1 Å². The van der Waals surface area contributed by atoms with Crippen LogP contribution in [0.5, 0.6) is 0 Å². The largest absolute Gasteiger partial charge is 0.324 e. The first-order valence-corrected chi connectivity index (χ1v) is 6.75. The van der Waals surface area contributed by atoms with Crippen LogP contribution in [0.15, 0.2) is 24.3 Å². The van der Waals surface area contributed by atoms with Gasteiger partial charge in [0, 0.05) is 25.8 Å². The Morgan fingerprint density at radius 2 is 1.95 bits per heavy atom. The minimum absolute atomic E-state index is 0.0250. The molecule has 1 saturated heterocycles. The SMILES string of the molecule is CN(C(=O)N1CCCCCC1)c1cccc(C#N)c1. The number of likely N-dealkylation sites (tertiary alicyclic amines) is 1. The molecule has 0 aliphatic carbocycles. The number of carbonyl (C=O) groups excluding carboxylic acids is 1. The van der Waals surface area contributed by atoms with Crippen molar-refractivity contribution in [2.75, 3.05) is 25.0 Å². The van der Waals surface area contributed by atoms with E-state index >= 15 is 0 Å². The van der Waals surface area contributed by atoms with Gasteiger partial charge in [0.25, 0.3) is 0 Å². The molecule has 1 aliphatic heterocycles. The molecule has 1 aromatic rings. The number of anilines is 1. The Labute approximate surface area is 114 Å². The smallest absolute Gasteiger partial charge is 0.324 e. The number of hydrogen-bond acceptors (Lipinski definition) is 2. The fraction of sp³-hybridized carbons (Fsp3) is 0.467. The molecule has 0 saturated carbocycles. The lowest BCUT2D eigenvalue weighted by atomic mass is 10.2. The van der Waals surface area contributed by atoms with Crippen LogP contribution in [0.4, 0.5) is 10.5 Å². The number of amides is 2. The van der Waals surface area contributed by atoms with Gasteiger partial charge in [0.05, 0.1) is 11.6 Å². The summed E-state index contributed by atoms with van der Waals surface area (Å²) in [4.78, 5) is 16.0. The monoisotopic (exact) mass is 257 g/mol. The van der Waals surface area contributed by atoms with E-state index in [2.05, 4.69) is 6.07 Å². The molecule has 2 amide bonds. The zero-order valence-electron chi connectivity index (χ0n) is 11.3. The van der Waals surface area contributed by atoms with Crippen LogP contribution in [0.2, 0.25) is 0 Å². The van der Waals surface area contributed by atoms with E-state index in [1.807, 2.05) is 11.0 Å². The molecule has 0 bridgehead atoms. The van der Waals surface area contributed by atoms with Crippen LogP contribution < -0.4 is 4.90 Å². The Hall–Kier alpha value is -2.02. The molecule has 0 spiro atoms. The third-order valence-corrected chi connectivity index (χ3v) is 3.53. The van der Waals surface area contributed by atoms with Gasteiger partial charge in [0.1, 0.15) is 0 Å². The van der Waals surface area contributed by atoms with Crippen LogP contribution in [0.3, 0.4) is 0 Å². The molecule has 1 aliphatic rings. The summed E-state index contributed by atoms with van der Waals surface area (Å²) in [6, 6.07) is 9.28. The van der Waals surface area contributed by atoms with Gasteiger partial charge in [-0.3, -0.25) is 4.90 Å². The van der Waals surface area contributed by atoms with Crippen molar-refractivity contribution < 1.29 is 4.79 Å². The van der Waals surface area contributed by atoms with Crippen LogP contribution in [0, 0.1) is 11.3 Å². The van der Waals surface area contributed by atoms with E-state index in [0.717, 1.165) is 31.6 Å². The average molecular weight is 257 g/mol. The molecule has 0 radical (unpaired) electrons. The maximum Gasteiger partial charge on any atom is 0.324 e. The molecule has 0 N–H and O–H groups in total. The Balaban J connectivity index is 2.11. The second-order valence-corrected chi connectivity index (χ2v) is 4.90. The number of urea groups is 1. The summed E-state index contributed by atoms with van der Waals surface area (Å²) in [6.45, 7) is 1.67. The second-order valence-electron chi connectivity index (χ2n) is 4.90. The molecule has 1 fully saturated rings. The zero-order valence-corrected chi connectivity index (χ0v) is 11.3. The average Bonchev–Trinajstić information content (AvgIpc) is 2.75. The maximum absolute atomic E-state index is 12.4. The molecule has 19 heavy (non-hydrogen) atoms. The van der Waals surface area contributed by atoms with Crippen molar-refractivity contribution in [3.8, 4) is 6.07 Å². The van der Waals surface area contributed by atoms with Crippen LogP contribution in [-0.2, 0) is 0 Å². The Bertz CT molecular complexity index is 484. The van der Waals surface area contributed by atoms with E-state index < -0.39 is 0 Å². The Morgan fingerprint density at radius 1 is 1.26 bits per heavy atom. The molecule has 0 aromatic heterocycles.